The smallest absolute Gasteiger partial charge is 0.126 e. The first-order valence-corrected chi connectivity index (χ1v) is 7.06. The van der Waals surface area contributed by atoms with Gasteiger partial charge in [0.15, 0.2) is 0 Å². The van der Waals surface area contributed by atoms with Gasteiger partial charge in [-0.1, -0.05) is 22.9 Å². The second-order valence-electron chi connectivity index (χ2n) is 4.58. The fourth-order valence-electron chi connectivity index (χ4n) is 1.76. The summed E-state index contributed by atoms with van der Waals surface area (Å²) in [4.78, 5) is 0. The lowest BCUT2D eigenvalue weighted by molar-refractivity contribution is 0.198. The van der Waals surface area contributed by atoms with Crippen LogP contribution in [0.2, 0.25) is 0 Å². The zero-order valence-corrected chi connectivity index (χ0v) is 12.6. The van der Waals surface area contributed by atoms with Crippen molar-refractivity contribution in [1.29, 1.82) is 0 Å². The number of ether oxygens (including phenoxy) is 1. The Morgan fingerprint density at radius 2 is 2.22 bits per heavy atom. The summed E-state index contributed by atoms with van der Waals surface area (Å²) in [5.41, 5.74) is 0.785. The van der Waals surface area contributed by atoms with Gasteiger partial charge >= 0.3 is 0 Å². The lowest BCUT2D eigenvalue weighted by atomic mass is 10.0. The second kappa shape index (κ2) is 8.62. The average molecular weight is 318 g/mol. The van der Waals surface area contributed by atoms with Crippen LogP contribution in [0.1, 0.15) is 18.9 Å². The van der Waals surface area contributed by atoms with E-state index >= 15 is 0 Å². The van der Waals surface area contributed by atoms with Gasteiger partial charge in [0, 0.05) is 18.1 Å². The van der Waals surface area contributed by atoms with Crippen LogP contribution >= 0.6 is 15.9 Å². The van der Waals surface area contributed by atoms with Gasteiger partial charge in [-0.25, -0.2) is 4.39 Å². The molecule has 18 heavy (non-hydrogen) atoms. The third-order valence-electron chi connectivity index (χ3n) is 2.89. The van der Waals surface area contributed by atoms with Crippen molar-refractivity contribution in [2.45, 2.75) is 19.8 Å². The van der Waals surface area contributed by atoms with Crippen molar-refractivity contribution in [3.05, 3.63) is 34.1 Å². The second-order valence-corrected chi connectivity index (χ2v) is 5.49. The zero-order chi connectivity index (χ0) is 13.4. The minimum atomic E-state index is -0.113. The Hall–Kier alpha value is -0.450. The van der Waals surface area contributed by atoms with Crippen LogP contribution in [0.5, 0.6) is 0 Å². The number of rotatable bonds is 8. The molecular formula is C14H21BrFNO. The summed E-state index contributed by atoms with van der Waals surface area (Å²) in [5, 5.41) is 3.32. The molecule has 4 heteroatoms. The van der Waals surface area contributed by atoms with E-state index < -0.39 is 0 Å². The van der Waals surface area contributed by atoms with Crippen molar-refractivity contribution >= 4 is 15.9 Å². The highest BCUT2D eigenvalue weighted by molar-refractivity contribution is 9.10. The topological polar surface area (TPSA) is 21.3 Å². The van der Waals surface area contributed by atoms with Crippen molar-refractivity contribution in [3.8, 4) is 0 Å². The maximum atomic E-state index is 13.5. The molecule has 0 saturated heterocycles. The number of benzene rings is 1. The summed E-state index contributed by atoms with van der Waals surface area (Å²) in [6, 6.07) is 5.11. The molecule has 1 aromatic carbocycles. The van der Waals surface area contributed by atoms with Gasteiger partial charge in [0.05, 0.1) is 6.61 Å². The summed E-state index contributed by atoms with van der Waals surface area (Å²) < 4.78 is 19.4. The summed E-state index contributed by atoms with van der Waals surface area (Å²) in [6.45, 7) is 4.72. The molecule has 0 saturated carbocycles. The molecule has 0 radical (unpaired) electrons. The van der Waals surface area contributed by atoms with E-state index in [1.54, 1.807) is 13.2 Å². The molecule has 1 N–H and O–H groups in total. The molecule has 0 aliphatic carbocycles. The maximum Gasteiger partial charge on any atom is 0.126 e. The summed E-state index contributed by atoms with van der Waals surface area (Å²) in [7, 11) is 1.70. The van der Waals surface area contributed by atoms with Crippen LogP contribution in [0.4, 0.5) is 4.39 Å². The number of nitrogens with one attached hydrogen (secondary N) is 1. The zero-order valence-electron chi connectivity index (χ0n) is 11.0. The van der Waals surface area contributed by atoms with Gasteiger partial charge in [-0.3, -0.25) is 0 Å². The van der Waals surface area contributed by atoms with Crippen LogP contribution < -0.4 is 5.32 Å². The molecular weight excluding hydrogens is 297 g/mol. The van der Waals surface area contributed by atoms with E-state index in [0.717, 1.165) is 42.6 Å². The first-order valence-electron chi connectivity index (χ1n) is 6.27. The molecule has 1 unspecified atom stereocenters. The highest BCUT2D eigenvalue weighted by Crippen LogP contribution is 2.18. The molecule has 1 rings (SSSR count). The van der Waals surface area contributed by atoms with Gasteiger partial charge in [0.2, 0.25) is 0 Å². The monoisotopic (exact) mass is 317 g/mol. The summed E-state index contributed by atoms with van der Waals surface area (Å²) >= 11 is 3.37. The number of halogens is 2. The standard InChI is InChI=1S/C14H21BrFNO/c1-11(10-17-7-8-18-2)3-4-12-9-13(15)5-6-14(12)16/h5-6,9,11,17H,3-4,7-8,10H2,1-2H3. The van der Waals surface area contributed by atoms with Gasteiger partial charge in [0.1, 0.15) is 5.82 Å². The van der Waals surface area contributed by atoms with Crippen LogP contribution in [0.15, 0.2) is 22.7 Å². The maximum absolute atomic E-state index is 13.5. The molecule has 0 heterocycles. The van der Waals surface area contributed by atoms with Crippen molar-refractivity contribution < 1.29 is 9.13 Å². The van der Waals surface area contributed by atoms with Gasteiger partial charge in [-0.05, 0) is 49.1 Å². The molecule has 0 fully saturated rings. The summed E-state index contributed by atoms with van der Waals surface area (Å²) in [6.07, 6.45) is 1.76. The fourth-order valence-corrected chi connectivity index (χ4v) is 2.17. The Bertz CT molecular complexity index is 360. The average Bonchev–Trinajstić information content (AvgIpc) is 2.36. The van der Waals surface area contributed by atoms with E-state index in [4.69, 9.17) is 4.74 Å². The van der Waals surface area contributed by atoms with Crippen LogP contribution in [-0.4, -0.2) is 26.8 Å². The highest BCUT2D eigenvalue weighted by atomic mass is 79.9. The molecule has 102 valence electrons. The van der Waals surface area contributed by atoms with Crippen molar-refractivity contribution in [3.63, 3.8) is 0 Å². The molecule has 0 spiro atoms. The highest BCUT2D eigenvalue weighted by Gasteiger charge is 2.06. The fraction of sp³-hybridized carbons (Fsp3) is 0.571. The minimum Gasteiger partial charge on any atom is -0.383 e. The first kappa shape index (κ1) is 15.6. The van der Waals surface area contributed by atoms with E-state index in [-0.39, 0.29) is 5.82 Å². The SMILES string of the molecule is COCCNCC(C)CCc1cc(Br)ccc1F. The van der Waals surface area contributed by atoms with Crippen molar-refractivity contribution in [1.82, 2.24) is 5.32 Å². The molecule has 0 bridgehead atoms. The van der Waals surface area contributed by atoms with E-state index in [2.05, 4.69) is 28.2 Å². The first-order chi connectivity index (χ1) is 8.63. The predicted molar refractivity (Wildman–Crippen MR) is 76.3 cm³/mol. The normalized spacial score (nSPS) is 12.7. The van der Waals surface area contributed by atoms with E-state index in [0.29, 0.717) is 5.92 Å². The van der Waals surface area contributed by atoms with Crippen LogP contribution in [-0.2, 0) is 11.2 Å². The van der Waals surface area contributed by atoms with Crippen LogP contribution in [0.25, 0.3) is 0 Å². The van der Waals surface area contributed by atoms with Crippen molar-refractivity contribution in [2.24, 2.45) is 5.92 Å². The Morgan fingerprint density at radius 1 is 1.44 bits per heavy atom. The molecule has 0 aromatic heterocycles. The molecule has 2 nitrogen and oxygen atoms in total. The van der Waals surface area contributed by atoms with E-state index in [1.807, 2.05) is 6.07 Å². The quantitative estimate of drug-likeness (QED) is 0.742. The largest absolute Gasteiger partial charge is 0.383 e. The van der Waals surface area contributed by atoms with Gasteiger partial charge in [-0.15, -0.1) is 0 Å². The lowest BCUT2D eigenvalue weighted by Crippen LogP contribution is -2.25. The molecule has 0 aliphatic heterocycles. The van der Waals surface area contributed by atoms with Crippen LogP contribution in [0, 0.1) is 11.7 Å². The van der Waals surface area contributed by atoms with Gasteiger partial charge in [0.25, 0.3) is 0 Å². The molecule has 1 atom stereocenters. The number of hydrogen-bond acceptors (Lipinski definition) is 2. The Balaban J connectivity index is 2.29. The van der Waals surface area contributed by atoms with E-state index in [1.165, 1.54) is 6.07 Å². The Kier molecular flexibility index (Phi) is 7.47. The minimum absolute atomic E-state index is 0.113. The third kappa shape index (κ3) is 5.94. The lowest BCUT2D eigenvalue weighted by Gasteiger charge is -2.13. The molecule has 0 amide bonds. The summed E-state index contributed by atoms with van der Waals surface area (Å²) in [5.74, 6) is 0.415. The Labute approximate surface area is 117 Å². The van der Waals surface area contributed by atoms with Crippen molar-refractivity contribution in [2.75, 3.05) is 26.8 Å². The van der Waals surface area contributed by atoms with E-state index in [9.17, 15) is 4.39 Å². The third-order valence-corrected chi connectivity index (χ3v) is 3.38. The van der Waals surface area contributed by atoms with Gasteiger partial charge < -0.3 is 10.1 Å². The predicted octanol–water partition coefficient (Wildman–Crippen LogP) is 3.39. The Morgan fingerprint density at radius 3 is 2.94 bits per heavy atom. The number of aryl methyl sites for hydroxylation is 1. The molecule has 0 aliphatic rings. The molecule has 1 aromatic rings. The van der Waals surface area contributed by atoms with Gasteiger partial charge in [-0.2, -0.15) is 0 Å². The number of hydrogen-bond donors (Lipinski definition) is 1. The number of methoxy groups -OCH3 is 1. The van der Waals surface area contributed by atoms with Crippen LogP contribution in [0.3, 0.4) is 0 Å².